The fourth-order valence-electron chi connectivity index (χ4n) is 2.57. The Morgan fingerprint density at radius 2 is 1.75 bits per heavy atom. The number of nitrogens with zero attached hydrogens (tertiary/aromatic N) is 1. The lowest BCUT2D eigenvalue weighted by Gasteiger charge is -2.16. The zero-order chi connectivity index (χ0) is 20.1. The van der Waals surface area contributed by atoms with Gasteiger partial charge in [-0.2, -0.15) is 0 Å². The molecule has 1 N–H and O–H groups in total. The predicted octanol–water partition coefficient (Wildman–Crippen LogP) is 6.96. The molecule has 0 unspecified atom stereocenters. The third-order valence-corrected chi connectivity index (χ3v) is 5.39. The molecule has 0 amide bonds. The standard InChI is InChI=1S/C20H15Br2ClN2O3/c21-15-9-14(11-24-16-5-7-17(8-6-16)25(26)27)20(18(22)10-15)28-12-13-3-1-2-4-19(13)23/h1-10,24H,11-12H2. The highest BCUT2D eigenvalue weighted by Crippen LogP contribution is 2.34. The van der Waals surface area contributed by atoms with Gasteiger partial charge < -0.3 is 10.1 Å². The summed E-state index contributed by atoms with van der Waals surface area (Å²) in [7, 11) is 0. The van der Waals surface area contributed by atoms with Gasteiger partial charge in [-0.3, -0.25) is 10.1 Å². The quantitative estimate of drug-likeness (QED) is 0.267. The van der Waals surface area contributed by atoms with Crippen molar-refractivity contribution in [1.82, 2.24) is 0 Å². The van der Waals surface area contributed by atoms with E-state index in [1.165, 1.54) is 12.1 Å². The van der Waals surface area contributed by atoms with Gasteiger partial charge in [-0.25, -0.2) is 0 Å². The highest BCUT2D eigenvalue weighted by Gasteiger charge is 2.12. The van der Waals surface area contributed by atoms with Crippen LogP contribution in [-0.2, 0) is 13.2 Å². The van der Waals surface area contributed by atoms with E-state index in [0.29, 0.717) is 23.9 Å². The number of non-ortho nitro benzene ring substituents is 1. The van der Waals surface area contributed by atoms with Crippen LogP contribution < -0.4 is 10.1 Å². The lowest BCUT2D eigenvalue weighted by atomic mass is 10.2. The molecular weight excluding hydrogens is 511 g/mol. The third kappa shape index (κ3) is 5.25. The summed E-state index contributed by atoms with van der Waals surface area (Å²) >= 11 is 13.3. The van der Waals surface area contributed by atoms with E-state index in [1.54, 1.807) is 12.1 Å². The van der Waals surface area contributed by atoms with Crippen LogP contribution in [0.3, 0.4) is 0 Å². The van der Waals surface area contributed by atoms with Crippen molar-refractivity contribution in [3.8, 4) is 5.75 Å². The number of anilines is 1. The average Bonchev–Trinajstić information content (AvgIpc) is 2.67. The van der Waals surface area contributed by atoms with Gasteiger partial charge in [-0.1, -0.05) is 45.7 Å². The molecule has 0 saturated carbocycles. The first kappa shape index (κ1) is 20.6. The van der Waals surface area contributed by atoms with Gasteiger partial charge in [0.2, 0.25) is 0 Å². The highest BCUT2D eigenvalue weighted by molar-refractivity contribution is 9.11. The molecule has 0 saturated heterocycles. The van der Waals surface area contributed by atoms with Gasteiger partial charge >= 0.3 is 0 Å². The molecule has 3 rings (SSSR count). The van der Waals surface area contributed by atoms with E-state index < -0.39 is 4.92 Å². The van der Waals surface area contributed by atoms with E-state index in [0.717, 1.165) is 25.8 Å². The minimum Gasteiger partial charge on any atom is -0.487 e. The van der Waals surface area contributed by atoms with Crippen molar-refractivity contribution in [2.45, 2.75) is 13.2 Å². The molecule has 0 bridgehead atoms. The molecule has 3 aromatic rings. The molecular formula is C20H15Br2ClN2O3. The van der Waals surface area contributed by atoms with Crippen molar-refractivity contribution >= 4 is 54.8 Å². The lowest BCUT2D eigenvalue weighted by Crippen LogP contribution is -2.05. The molecule has 144 valence electrons. The van der Waals surface area contributed by atoms with Gasteiger partial charge in [0.1, 0.15) is 12.4 Å². The summed E-state index contributed by atoms with van der Waals surface area (Å²) in [5.41, 5.74) is 2.65. The maximum atomic E-state index is 10.8. The van der Waals surface area contributed by atoms with E-state index in [9.17, 15) is 10.1 Å². The monoisotopic (exact) mass is 524 g/mol. The summed E-state index contributed by atoms with van der Waals surface area (Å²) in [5.74, 6) is 0.706. The molecule has 8 heteroatoms. The van der Waals surface area contributed by atoms with Crippen LogP contribution in [0, 0.1) is 10.1 Å². The van der Waals surface area contributed by atoms with E-state index in [2.05, 4.69) is 37.2 Å². The van der Waals surface area contributed by atoms with Crippen molar-refractivity contribution < 1.29 is 9.66 Å². The summed E-state index contributed by atoms with van der Waals surface area (Å²) in [6, 6.07) is 17.7. The first-order valence-electron chi connectivity index (χ1n) is 8.26. The van der Waals surface area contributed by atoms with Crippen LogP contribution >= 0.6 is 43.5 Å². The maximum Gasteiger partial charge on any atom is 0.269 e. The zero-order valence-electron chi connectivity index (χ0n) is 14.5. The lowest BCUT2D eigenvalue weighted by molar-refractivity contribution is -0.384. The molecule has 5 nitrogen and oxygen atoms in total. The number of nitro benzene ring substituents is 1. The Labute approximate surface area is 184 Å². The number of nitrogens with one attached hydrogen (secondary N) is 1. The Kier molecular flexibility index (Phi) is 6.93. The topological polar surface area (TPSA) is 64.4 Å². The van der Waals surface area contributed by atoms with Crippen LogP contribution in [-0.4, -0.2) is 4.92 Å². The Balaban J connectivity index is 1.76. The summed E-state index contributed by atoms with van der Waals surface area (Å²) in [4.78, 5) is 10.4. The molecule has 0 atom stereocenters. The number of hydrogen-bond donors (Lipinski definition) is 1. The van der Waals surface area contributed by atoms with Crippen LogP contribution in [0.2, 0.25) is 5.02 Å². The van der Waals surface area contributed by atoms with Crippen molar-refractivity contribution in [3.63, 3.8) is 0 Å². The van der Waals surface area contributed by atoms with Crippen molar-refractivity contribution in [2.24, 2.45) is 0 Å². The molecule has 0 spiro atoms. The van der Waals surface area contributed by atoms with E-state index >= 15 is 0 Å². The van der Waals surface area contributed by atoms with Gasteiger partial charge in [0.15, 0.2) is 0 Å². The number of ether oxygens (including phenoxy) is 1. The number of benzene rings is 3. The van der Waals surface area contributed by atoms with Crippen LogP contribution in [0.25, 0.3) is 0 Å². The van der Waals surface area contributed by atoms with Crippen LogP contribution in [0.4, 0.5) is 11.4 Å². The fourth-order valence-corrected chi connectivity index (χ4v) is 4.19. The fraction of sp³-hybridized carbons (Fsp3) is 0.100. The summed E-state index contributed by atoms with van der Waals surface area (Å²) in [5, 5.41) is 14.7. The second-order valence-electron chi connectivity index (χ2n) is 5.91. The smallest absolute Gasteiger partial charge is 0.269 e. The first-order valence-corrected chi connectivity index (χ1v) is 10.2. The second-order valence-corrected chi connectivity index (χ2v) is 8.09. The molecule has 0 heterocycles. The molecule has 0 radical (unpaired) electrons. The van der Waals surface area contributed by atoms with E-state index in [-0.39, 0.29) is 5.69 Å². The third-order valence-electron chi connectivity index (χ3n) is 3.98. The Morgan fingerprint density at radius 3 is 2.43 bits per heavy atom. The van der Waals surface area contributed by atoms with Gasteiger partial charge in [0.05, 0.1) is 9.40 Å². The number of rotatable bonds is 7. The van der Waals surface area contributed by atoms with Gasteiger partial charge in [0, 0.05) is 45.0 Å². The number of halogens is 3. The summed E-state index contributed by atoms with van der Waals surface area (Å²) in [6.45, 7) is 0.818. The van der Waals surface area contributed by atoms with E-state index in [4.69, 9.17) is 16.3 Å². The largest absolute Gasteiger partial charge is 0.487 e. The van der Waals surface area contributed by atoms with Crippen molar-refractivity contribution in [2.75, 3.05) is 5.32 Å². The van der Waals surface area contributed by atoms with Gasteiger partial charge in [0.25, 0.3) is 5.69 Å². The first-order chi connectivity index (χ1) is 13.4. The average molecular weight is 527 g/mol. The number of nitro groups is 1. The molecule has 28 heavy (non-hydrogen) atoms. The predicted molar refractivity (Wildman–Crippen MR) is 118 cm³/mol. The maximum absolute atomic E-state index is 10.8. The normalized spacial score (nSPS) is 10.5. The molecule has 0 aliphatic rings. The SMILES string of the molecule is O=[N+]([O-])c1ccc(NCc2cc(Br)cc(Br)c2OCc2ccccc2Cl)cc1. The van der Waals surface area contributed by atoms with Crippen LogP contribution in [0.5, 0.6) is 5.75 Å². The van der Waals surface area contributed by atoms with Gasteiger partial charge in [-0.15, -0.1) is 0 Å². The summed E-state index contributed by atoms with van der Waals surface area (Å²) < 4.78 is 7.77. The van der Waals surface area contributed by atoms with Crippen LogP contribution in [0.15, 0.2) is 69.6 Å². The van der Waals surface area contributed by atoms with Crippen LogP contribution in [0.1, 0.15) is 11.1 Å². The minimum absolute atomic E-state index is 0.0551. The van der Waals surface area contributed by atoms with Gasteiger partial charge in [-0.05, 0) is 46.3 Å². The Morgan fingerprint density at radius 1 is 1.04 bits per heavy atom. The van der Waals surface area contributed by atoms with Crippen molar-refractivity contribution in [3.05, 3.63) is 95.9 Å². The number of hydrogen-bond acceptors (Lipinski definition) is 4. The Hall–Kier alpha value is -2.09. The molecule has 3 aromatic carbocycles. The van der Waals surface area contributed by atoms with E-state index in [1.807, 2.05) is 36.4 Å². The molecule has 0 aromatic heterocycles. The second kappa shape index (κ2) is 9.41. The van der Waals surface area contributed by atoms with Crippen molar-refractivity contribution in [1.29, 1.82) is 0 Å². The molecule has 0 fully saturated rings. The highest BCUT2D eigenvalue weighted by atomic mass is 79.9. The summed E-state index contributed by atoms with van der Waals surface area (Å²) in [6.07, 6.45) is 0. The molecule has 0 aliphatic heterocycles. The minimum atomic E-state index is -0.421. The zero-order valence-corrected chi connectivity index (χ0v) is 18.4. The molecule has 0 aliphatic carbocycles. The Bertz CT molecular complexity index is 997.